The second kappa shape index (κ2) is 5.89. The lowest BCUT2D eigenvalue weighted by atomic mass is 9.99. The van der Waals surface area contributed by atoms with Crippen molar-refractivity contribution < 1.29 is 4.42 Å². The largest absolute Gasteiger partial charge is 0.451 e. The van der Waals surface area contributed by atoms with Gasteiger partial charge in [0.1, 0.15) is 18.3 Å². The summed E-state index contributed by atoms with van der Waals surface area (Å²) >= 11 is 0. The second-order valence-electron chi connectivity index (χ2n) is 6.10. The maximum absolute atomic E-state index is 5.06. The van der Waals surface area contributed by atoms with Crippen molar-refractivity contribution in [2.75, 3.05) is 0 Å². The highest BCUT2D eigenvalue weighted by atomic mass is 16.3. The van der Waals surface area contributed by atoms with Crippen molar-refractivity contribution in [2.24, 2.45) is 0 Å². The number of nitrogens with zero attached hydrogens (tertiary/aromatic N) is 3. The third-order valence-corrected chi connectivity index (χ3v) is 4.22. The van der Waals surface area contributed by atoms with Gasteiger partial charge in [0, 0.05) is 16.5 Å². The summed E-state index contributed by atoms with van der Waals surface area (Å²) in [4.78, 5) is 13.1. The Bertz CT molecular complexity index is 974. The van der Waals surface area contributed by atoms with E-state index in [-0.39, 0.29) is 0 Å². The quantitative estimate of drug-likeness (QED) is 0.529. The lowest BCUT2D eigenvalue weighted by Crippen LogP contribution is -1.91. The third kappa shape index (κ3) is 2.56. The molecule has 118 valence electrons. The van der Waals surface area contributed by atoms with Crippen molar-refractivity contribution >= 4 is 10.9 Å². The summed E-state index contributed by atoms with van der Waals surface area (Å²) < 4.78 is 5.06. The minimum atomic E-state index is 0.520. The summed E-state index contributed by atoms with van der Waals surface area (Å²) in [5, 5.41) is 1.03. The Hall–Kier alpha value is -3.01. The molecule has 4 heteroatoms. The second-order valence-corrected chi connectivity index (χ2v) is 6.10. The molecule has 24 heavy (non-hydrogen) atoms. The summed E-state index contributed by atoms with van der Waals surface area (Å²) in [5.74, 6) is 0.520. The van der Waals surface area contributed by atoms with E-state index in [9.17, 15) is 0 Å². The maximum Gasteiger partial charge on any atom is 0.181 e. The van der Waals surface area contributed by atoms with Gasteiger partial charge >= 0.3 is 0 Å². The first-order chi connectivity index (χ1) is 11.7. The highest BCUT2D eigenvalue weighted by Crippen LogP contribution is 2.29. The van der Waals surface area contributed by atoms with Crippen LogP contribution in [0.25, 0.3) is 33.4 Å². The Morgan fingerprint density at radius 3 is 2.38 bits per heavy atom. The number of hydrogen-bond donors (Lipinski definition) is 0. The minimum Gasteiger partial charge on any atom is -0.451 e. The molecule has 0 unspecified atom stereocenters. The van der Waals surface area contributed by atoms with Crippen LogP contribution in [0.4, 0.5) is 0 Å². The van der Waals surface area contributed by atoms with Crippen molar-refractivity contribution in [3.05, 3.63) is 67.0 Å². The van der Waals surface area contributed by atoms with Crippen molar-refractivity contribution in [2.45, 2.75) is 19.8 Å². The van der Waals surface area contributed by atoms with E-state index < -0.39 is 0 Å². The monoisotopic (exact) mass is 315 g/mol. The summed E-state index contributed by atoms with van der Waals surface area (Å²) in [7, 11) is 0. The Balaban J connectivity index is 1.81. The van der Waals surface area contributed by atoms with Gasteiger partial charge in [-0.3, -0.25) is 0 Å². The van der Waals surface area contributed by atoms with Crippen LogP contribution in [0, 0.1) is 0 Å². The van der Waals surface area contributed by atoms with E-state index in [1.807, 2.05) is 18.2 Å². The number of oxazole rings is 1. The van der Waals surface area contributed by atoms with Crippen molar-refractivity contribution in [1.29, 1.82) is 0 Å². The van der Waals surface area contributed by atoms with Gasteiger partial charge < -0.3 is 4.42 Å². The number of aromatic nitrogens is 3. The van der Waals surface area contributed by atoms with Crippen molar-refractivity contribution in [1.82, 2.24) is 15.0 Å². The molecule has 0 saturated heterocycles. The topological polar surface area (TPSA) is 51.8 Å². The normalized spacial score (nSPS) is 11.3. The molecule has 0 radical (unpaired) electrons. The first-order valence-corrected chi connectivity index (χ1v) is 7.96. The van der Waals surface area contributed by atoms with E-state index >= 15 is 0 Å². The number of hydrogen-bond acceptors (Lipinski definition) is 4. The van der Waals surface area contributed by atoms with Crippen LogP contribution in [-0.2, 0) is 0 Å². The van der Waals surface area contributed by atoms with Crippen LogP contribution >= 0.6 is 0 Å². The molecule has 4 nitrogen and oxygen atoms in total. The smallest absolute Gasteiger partial charge is 0.181 e. The van der Waals surface area contributed by atoms with Gasteiger partial charge in [-0.1, -0.05) is 44.2 Å². The van der Waals surface area contributed by atoms with Crippen LogP contribution in [0.1, 0.15) is 25.3 Å². The average Bonchev–Trinajstić information content (AvgIpc) is 3.15. The predicted molar refractivity (Wildman–Crippen MR) is 94.6 cm³/mol. The number of rotatable bonds is 3. The molecule has 2 aromatic carbocycles. The summed E-state index contributed by atoms with van der Waals surface area (Å²) in [5.41, 5.74) is 6.05. The minimum absolute atomic E-state index is 0.520. The first kappa shape index (κ1) is 14.6. The molecule has 4 aromatic rings. The SMILES string of the molecule is CC(C)c1ccc(-c2ncnc3cc(-c4cocn4)ccc23)cc1. The Kier molecular flexibility index (Phi) is 3.58. The fourth-order valence-corrected chi connectivity index (χ4v) is 2.83. The van der Waals surface area contributed by atoms with Crippen LogP contribution in [0.5, 0.6) is 0 Å². The molecule has 0 aliphatic heterocycles. The molecule has 0 bridgehead atoms. The fourth-order valence-electron chi connectivity index (χ4n) is 2.83. The van der Waals surface area contributed by atoms with Crippen LogP contribution < -0.4 is 0 Å². The van der Waals surface area contributed by atoms with Gasteiger partial charge in [-0.25, -0.2) is 15.0 Å². The van der Waals surface area contributed by atoms with Crippen LogP contribution in [0.15, 0.2) is 65.9 Å². The number of benzene rings is 2. The molecule has 4 rings (SSSR count). The molecular weight excluding hydrogens is 298 g/mol. The van der Waals surface area contributed by atoms with Gasteiger partial charge in [-0.15, -0.1) is 0 Å². The third-order valence-electron chi connectivity index (χ3n) is 4.22. The zero-order valence-corrected chi connectivity index (χ0v) is 13.6. The van der Waals surface area contributed by atoms with E-state index in [1.54, 1.807) is 12.6 Å². The Morgan fingerprint density at radius 1 is 0.875 bits per heavy atom. The summed E-state index contributed by atoms with van der Waals surface area (Å²) in [6.07, 6.45) is 4.68. The molecule has 0 saturated carbocycles. The zero-order chi connectivity index (χ0) is 16.5. The summed E-state index contributed by atoms with van der Waals surface area (Å²) in [6, 6.07) is 14.7. The fraction of sp³-hybridized carbons (Fsp3) is 0.150. The Labute approximate surface area is 140 Å². The standard InChI is InChI=1S/C20H17N3O/c1-13(2)14-3-5-15(6-4-14)20-17-8-7-16(19-10-24-12-23-19)9-18(17)21-11-22-20/h3-13H,1-2H3. The van der Waals surface area contributed by atoms with Gasteiger partial charge in [0.2, 0.25) is 0 Å². The molecule has 0 aliphatic rings. The van der Waals surface area contributed by atoms with Crippen molar-refractivity contribution in [3.8, 4) is 22.5 Å². The van der Waals surface area contributed by atoms with Gasteiger partial charge in [-0.05, 0) is 23.6 Å². The van der Waals surface area contributed by atoms with E-state index in [0.29, 0.717) is 5.92 Å². The molecule has 0 spiro atoms. The summed E-state index contributed by atoms with van der Waals surface area (Å²) in [6.45, 7) is 4.39. The highest BCUT2D eigenvalue weighted by Gasteiger charge is 2.09. The Morgan fingerprint density at radius 2 is 1.67 bits per heavy atom. The zero-order valence-electron chi connectivity index (χ0n) is 13.6. The average molecular weight is 315 g/mol. The van der Waals surface area contributed by atoms with E-state index in [0.717, 1.165) is 33.4 Å². The maximum atomic E-state index is 5.06. The van der Waals surface area contributed by atoms with Crippen molar-refractivity contribution in [3.63, 3.8) is 0 Å². The molecule has 0 N–H and O–H groups in total. The molecule has 2 aromatic heterocycles. The highest BCUT2D eigenvalue weighted by molar-refractivity contribution is 5.94. The van der Waals surface area contributed by atoms with Gasteiger partial charge in [0.15, 0.2) is 6.39 Å². The van der Waals surface area contributed by atoms with Crippen LogP contribution in [0.2, 0.25) is 0 Å². The lowest BCUT2D eigenvalue weighted by Gasteiger charge is -2.09. The molecular formula is C20H17N3O. The number of fused-ring (bicyclic) bond motifs is 1. The van der Waals surface area contributed by atoms with Crippen LogP contribution in [-0.4, -0.2) is 15.0 Å². The predicted octanol–water partition coefficient (Wildman–Crippen LogP) is 5.08. The first-order valence-electron chi connectivity index (χ1n) is 7.96. The molecule has 0 amide bonds. The van der Waals surface area contributed by atoms with Gasteiger partial charge in [-0.2, -0.15) is 0 Å². The molecule has 2 heterocycles. The molecule has 0 atom stereocenters. The van der Waals surface area contributed by atoms with Gasteiger partial charge in [0.05, 0.1) is 11.2 Å². The molecule has 0 fully saturated rings. The van der Waals surface area contributed by atoms with E-state index in [2.05, 4.69) is 53.1 Å². The van der Waals surface area contributed by atoms with E-state index in [1.165, 1.54) is 12.0 Å². The van der Waals surface area contributed by atoms with Crippen LogP contribution in [0.3, 0.4) is 0 Å². The molecule has 0 aliphatic carbocycles. The lowest BCUT2D eigenvalue weighted by molar-refractivity contribution is 0.558. The van der Waals surface area contributed by atoms with Gasteiger partial charge in [0.25, 0.3) is 0 Å². The van der Waals surface area contributed by atoms with E-state index in [4.69, 9.17) is 4.42 Å².